The molecule has 28 heavy (non-hydrogen) atoms. The number of nitrogens with one attached hydrogen (secondary N) is 1. The Balaban J connectivity index is 1.56. The van der Waals surface area contributed by atoms with Crippen molar-refractivity contribution in [3.63, 3.8) is 0 Å². The second kappa shape index (κ2) is 9.30. The van der Waals surface area contributed by atoms with Gasteiger partial charge in [0, 0.05) is 69.2 Å². The summed E-state index contributed by atoms with van der Waals surface area (Å²) < 4.78 is 1.91. The van der Waals surface area contributed by atoms with Gasteiger partial charge in [0.1, 0.15) is 0 Å². The summed E-state index contributed by atoms with van der Waals surface area (Å²) in [7, 11) is 4.18. The van der Waals surface area contributed by atoms with Crippen LogP contribution in [0, 0.1) is 19.8 Å². The molecule has 1 amide bonds. The second-order valence-electron chi connectivity index (χ2n) is 8.15. The molecule has 1 aliphatic rings. The van der Waals surface area contributed by atoms with Gasteiger partial charge < -0.3 is 10.2 Å². The van der Waals surface area contributed by atoms with Crippen molar-refractivity contribution >= 4 is 5.91 Å². The SMILES string of the molecule is Cc1cc(C)n(CCC(=O)N[C@@H]2CN(Cc3ccncc3)C[C@H]2CN(C)C)n1. The minimum Gasteiger partial charge on any atom is -0.352 e. The summed E-state index contributed by atoms with van der Waals surface area (Å²) in [5.41, 5.74) is 3.35. The molecule has 1 saturated heterocycles. The van der Waals surface area contributed by atoms with Crippen molar-refractivity contribution in [2.45, 2.75) is 39.4 Å². The molecule has 0 unspecified atom stereocenters. The fraction of sp³-hybridized carbons (Fsp3) is 0.571. The lowest BCUT2D eigenvalue weighted by Crippen LogP contribution is -2.43. The highest BCUT2D eigenvalue weighted by Gasteiger charge is 2.33. The first-order chi connectivity index (χ1) is 13.4. The number of hydrogen-bond donors (Lipinski definition) is 1. The fourth-order valence-corrected chi connectivity index (χ4v) is 4.04. The van der Waals surface area contributed by atoms with Crippen molar-refractivity contribution in [2.75, 3.05) is 33.7 Å². The van der Waals surface area contributed by atoms with Crippen LogP contribution in [0.5, 0.6) is 0 Å². The third-order valence-electron chi connectivity index (χ3n) is 5.27. The van der Waals surface area contributed by atoms with Crippen molar-refractivity contribution in [3.8, 4) is 0 Å². The van der Waals surface area contributed by atoms with Gasteiger partial charge in [0.25, 0.3) is 0 Å². The Morgan fingerprint density at radius 1 is 1.25 bits per heavy atom. The highest BCUT2D eigenvalue weighted by Crippen LogP contribution is 2.20. The van der Waals surface area contributed by atoms with E-state index in [1.807, 2.05) is 37.0 Å². The fourth-order valence-electron chi connectivity index (χ4n) is 4.04. The summed E-state index contributed by atoms with van der Waals surface area (Å²) in [5, 5.41) is 7.73. The van der Waals surface area contributed by atoms with Gasteiger partial charge in [-0.25, -0.2) is 0 Å². The van der Waals surface area contributed by atoms with Crippen molar-refractivity contribution in [1.29, 1.82) is 0 Å². The van der Waals surface area contributed by atoms with Crippen LogP contribution in [-0.2, 0) is 17.9 Å². The lowest BCUT2D eigenvalue weighted by Gasteiger charge is -2.23. The van der Waals surface area contributed by atoms with E-state index in [9.17, 15) is 4.79 Å². The van der Waals surface area contributed by atoms with E-state index in [0.717, 1.165) is 37.6 Å². The molecule has 3 heterocycles. The van der Waals surface area contributed by atoms with Gasteiger partial charge >= 0.3 is 0 Å². The second-order valence-corrected chi connectivity index (χ2v) is 8.15. The predicted molar refractivity (Wildman–Crippen MR) is 110 cm³/mol. The number of likely N-dealkylation sites (tertiary alicyclic amines) is 1. The number of nitrogens with zero attached hydrogens (tertiary/aromatic N) is 5. The largest absolute Gasteiger partial charge is 0.352 e. The maximum Gasteiger partial charge on any atom is 0.222 e. The zero-order chi connectivity index (χ0) is 20.1. The van der Waals surface area contributed by atoms with Crippen LogP contribution in [0.2, 0.25) is 0 Å². The molecule has 0 bridgehead atoms. The molecular formula is C21H32N6O. The monoisotopic (exact) mass is 384 g/mol. The third kappa shape index (κ3) is 5.62. The maximum atomic E-state index is 12.6. The van der Waals surface area contributed by atoms with Crippen molar-refractivity contribution in [3.05, 3.63) is 47.5 Å². The van der Waals surface area contributed by atoms with Crippen LogP contribution >= 0.6 is 0 Å². The highest BCUT2D eigenvalue weighted by molar-refractivity contribution is 5.76. The molecule has 3 rings (SSSR count). The molecule has 1 N–H and O–H groups in total. The molecule has 2 aromatic rings. The van der Waals surface area contributed by atoms with Crippen LogP contribution in [-0.4, -0.2) is 70.2 Å². The minimum atomic E-state index is 0.104. The van der Waals surface area contributed by atoms with Crippen LogP contribution in [0.3, 0.4) is 0 Å². The number of aromatic nitrogens is 3. The van der Waals surface area contributed by atoms with E-state index in [1.165, 1.54) is 5.56 Å². The predicted octanol–water partition coefficient (Wildman–Crippen LogP) is 1.46. The number of aryl methyl sites for hydroxylation is 3. The Morgan fingerprint density at radius 2 is 2.00 bits per heavy atom. The summed E-state index contributed by atoms with van der Waals surface area (Å²) in [6.07, 6.45) is 4.12. The average molecular weight is 385 g/mol. The van der Waals surface area contributed by atoms with Gasteiger partial charge in [-0.05, 0) is 51.7 Å². The molecule has 0 radical (unpaired) electrons. The zero-order valence-corrected chi connectivity index (χ0v) is 17.4. The zero-order valence-electron chi connectivity index (χ0n) is 17.4. The Bertz CT molecular complexity index is 772. The summed E-state index contributed by atoms with van der Waals surface area (Å²) in [4.78, 5) is 21.3. The normalized spacial score (nSPS) is 20.0. The van der Waals surface area contributed by atoms with Crippen LogP contribution in [0.1, 0.15) is 23.4 Å². The van der Waals surface area contributed by atoms with Crippen LogP contribution in [0.25, 0.3) is 0 Å². The Kier molecular flexibility index (Phi) is 6.80. The number of amides is 1. The van der Waals surface area contributed by atoms with Gasteiger partial charge in [0.15, 0.2) is 0 Å². The molecule has 0 spiro atoms. The van der Waals surface area contributed by atoms with Gasteiger partial charge in [-0.3, -0.25) is 19.4 Å². The van der Waals surface area contributed by atoms with Gasteiger partial charge in [0.05, 0.1) is 5.69 Å². The van der Waals surface area contributed by atoms with E-state index in [2.05, 4.69) is 51.4 Å². The average Bonchev–Trinajstić information content (AvgIpc) is 3.15. The molecule has 0 aromatic carbocycles. The van der Waals surface area contributed by atoms with Crippen molar-refractivity contribution in [1.82, 2.24) is 29.9 Å². The standard InChI is InChI=1S/C21H32N6O/c1-16-11-17(2)27(24-16)10-7-21(28)23-20-15-26(14-19(20)13-25(3)4)12-18-5-8-22-9-6-18/h5-6,8-9,11,19-20H,7,10,12-15H2,1-4H3,(H,23,28)/t19-,20-/m1/s1. The first-order valence-corrected chi connectivity index (χ1v) is 9.97. The molecule has 2 aromatic heterocycles. The third-order valence-corrected chi connectivity index (χ3v) is 5.27. The van der Waals surface area contributed by atoms with Gasteiger partial charge in [-0.1, -0.05) is 0 Å². The summed E-state index contributed by atoms with van der Waals surface area (Å²) in [6.45, 7) is 8.36. The Hall–Kier alpha value is -2.25. The quantitative estimate of drug-likeness (QED) is 0.747. The molecule has 0 saturated carbocycles. The molecule has 152 valence electrons. The molecule has 1 aliphatic heterocycles. The topological polar surface area (TPSA) is 66.3 Å². The molecule has 2 atom stereocenters. The van der Waals surface area contributed by atoms with Crippen LogP contribution < -0.4 is 5.32 Å². The summed E-state index contributed by atoms with van der Waals surface area (Å²) in [5.74, 6) is 0.529. The van der Waals surface area contributed by atoms with E-state index in [1.54, 1.807) is 0 Å². The summed E-state index contributed by atoms with van der Waals surface area (Å²) in [6, 6.07) is 6.33. The first kappa shape index (κ1) is 20.5. The molecule has 7 nitrogen and oxygen atoms in total. The van der Waals surface area contributed by atoms with E-state index < -0.39 is 0 Å². The number of carbonyl (C=O) groups is 1. The first-order valence-electron chi connectivity index (χ1n) is 9.97. The molecule has 1 fully saturated rings. The lowest BCUT2D eigenvalue weighted by molar-refractivity contribution is -0.122. The van der Waals surface area contributed by atoms with Gasteiger partial charge in [-0.2, -0.15) is 5.10 Å². The van der Waals surface area contributed by atoms with E-state index in [4.69, 9.17) is 0 Å². The Labute approximate surface area is 167 Å². The molecule has 7 heteroatoms. The van der Waals surface area contributed by atoms with Crippen molar-refractivity contribution in [2.24, 2.45) is 5.92 Å². The van der Waals surface area contributed by atoms with E-state index >= 15 is 0 Å². The van der Waals surface area contributed by atoms with Gasteiger partial charge in [-0.15, -0.1) is 0 Å². The highest BCUT2D eigenvalue weighted by atomic mass is 16.1. The molecule has 0 aliphatic carbocycles. The number of rotatable bonds is 8. The van der Waals surface area contributed by atoms with Crippen molar-refractivity contribution < 1.29 is 4.79 Å². The Morgan fingerprint density at radius 3 is 2.64 bits per heavy atom. The maximum absolute atomic E-state index is 12.6. The number of pyridine rings is 1. The minimum absolute atomic E-state index is 0.104. The smallest absolute Gasteiger partial charge is 0.222 e. The number of carbonyl (C=O) groups excluding carboxylic acids is 1. The van der Waals surface area contributed by atoms with E-state index in [0.29, 0.717) is 18.9 Å². The van der Waals surface area contributed by atoms with E-state index in [-0.39, 0.29) is 11.9 Å². The van der Waals surface area contributed by atoms with Crippen LogP contribution in [0.4, 0.5) is 0 Å². The summed E-state index contributed by atoms with van der Waals surface area (Å²) >= 11 is 0. The molecular weight excluding hydrogens is 352 g/mol. The van der Waals surface area contributed by atoms with Gasteiger partial charge in [0.2, 0.25) is 5.91 Å². The van der Waals surface area contributed by atoms with Crippen LogP contribution in [0.15, 0.2) is 30.6 Å². The lowest BCUT2D eigenvalue weighted by atomic mass is 10.0. The number of hydrogen-bond acceptors (Lipinski definition) is 5.